The highest BCUT2D eigenvalue weighted by atomic mass is 19.1. The normalized spacial score (nSPS) is 20.9. The predicted molar refractivity (Wildman–Crippen MR) is 91.8 cm³/mol. The van der Waals surface area contributed by atoms with Gasteiger partial charge in [0.15, 0.2) is 0 Å². The molecular weight excluding hydrogens is 305 g/mol. The molecule has 1 fully saturated rings. The summed E-state index contributed by atoms with van der Waals surface area (Å²) in [6, 6.07) is 16.4. The first-order valence-electron chi connectivity index (χ1n) is 8.16. The molecule has 1 aliphatic rings. The lowest BCUT2D eigenvalue weighted by Gasteiger charge is -2.16. The summed E-state index contributed by atoms with van der Waals surface area (Å²) in [5.74, 6) is -0.0561. The van der Waals surface area contributed by atoms with Crippen molar-refractivity contribution in [3.8, 4) is 0 Å². The topological polar surface area (TPSA) is 58.4 Å². The van der Waals surface area contributed by atoms with Gasteiger partial charge in [0.05, 0.1) is 6.54 Å². The molecule has 3 N–H and O–H groups in total. The highest BCUT2D eigenvalue weighted by Crippen LogP contribution is 2.25. The van der Waals surface area contributed by atoms with Crippen LogP contribution in [0.1, 0.15) is 17.0 Å². The average molecular weight is 327 g/mol. The molecule has 24 heavy (non-hydrogen) atoms. The molecule has 126 valence electrons. The Morgan fingerprint density at radius 1 is 1.12 bits per heavy atom. The first-order valence-corrected chi connectivity index (χ1v) is 8.16. The Kier molecular flexibility index (Phi) is 5.23. The fraction of sp³-hybridized carbons (Fsp3) is 0.316. The third kappa shape index (κ3) is 4.19. The summed E-state index contributed by atoms with van der Waals surface area (Å²) in [6.07, 6.45) is 0. The van der Waals surface area contributed by atoms with E-state index in [1.54, 1.807) is 12.1 Å². The van der Waals surface area contributed by atoms with Crippen molar-refractivity contribution in [2.24, 2.45) is 5.73 Å². The number of nitrogens with zero attached hydrogens (tertiary/aromatic N) is 1. The molecule has 0 saturated carbocycles. The number of carbonyl (C=O) groups excluding carboxylic acids is 1. The Hall–Kier alpha value is -2.24. The zero-order valence-electron chi connectivity index (χ0n) is 13.5. The van der Waals surface area contributed by atoms with Crippen LogP contribution in [0.4, 0.5) is 4.39 Å². The molecular formula is C19H22FN3O. The SMILES string of the molecule is N[C@@H]1CN(CC(=O)NCc2ccc(F)cc2)C[C@H]1c1ccccc1. The van der Waals surface area contributed by atoms with Gasteiger partial charge in [-0.3, -0.25) is 9.69 Å². The van der Waals surface area contributed by atoms with Crippen molar-refractivity contribution in [1.82, 2.24) is 10.2 Å². The molecule has 0 unspecified atom stereocenters. The van der Waals surface area contributed by atoms with Crippen LogP contribution in [0.15, 0.2) is 54.6 Å². The lowest BCUT2D eigenvalue weighted by Crippen LogP contribution is -2.37. The van der Waals surface area contributed by atoms with Crippen LogP contribution >= 0.6 is 0 Å². The van der Waals surface area contributed by atoms with Crippen LogP contribution in [-0.2, 0) is 11.3 Å². The van der Waals surface area contributed by atoms with Gasteiger partial charge in [0.2, 0.25) is 5.91 Å². The lowest BCUT2D eigenvalue weighted by atomic mass is 9.95. The third-order valence-corrected chi connectivity index (χ3v) is 4.44. The number of benzene rings is 2. The van der Waals surface area contributed by atoms with Gasteiger partial charge in [-0.15, -0.1) is 0 Å². The summed E-state index contributed by atoms with van der Waals surface area (Å²) in [5, 5.41) is 2.87. The van der Waals surface area contributed by atoms with Crippen LogP contribution in [0.25, 0.3) is 0 Å². The fourth-order valence-electron chi connectivity index (χ4n) is 3.16. The largest absolute Gasteiger partial charge is 0.351 e. The van der Waals surface area contributed by atoms with Crippen molar-refractivity contribution in [2.75, 3.05) is 19.6 Å². The van der Waals surface area contributed by atoms with Crippen LogP contribution in [0, 0.1) is 5.82 Å². The molecule has 0 aromatic heterocycles. The molecule has 0 aliphatic carbocycles. The summed E-state index contributed by atoms with van der Waals surface area (Å²) in [7, 11) is 0. The van der Waals surface area contributed by atoms with E-state index in [2.05, 4.69) is 22.3 Å². The highest BCUT2D eigenvalue weighted by molar-refractivity contribution is 5.78. The number of rotatable bonds is 5. The minimum Gasteiger partial charge on any atom is -0.351 e. The number of amides is 1. The van der Waals surface area contributed by atoms with Gasteiger partial charge in [0, 0.05) is 31.6 Å². The Balaban J connectivity index is 1.49. The molecule has 0 bridgehead atoms. The molecule has 1 amide bonds. The fourth-order valence-corrected chi connectivity index (χ4v) is 3.16. The monoisotopic (exact) mass is 327 g/mol. The van der Waals surface area contributed by atoms with E-state index in [4.69, 9.17) is 5.73 Å². The first-order chi connectivity index (χ1) is 11.6. The van der Waals surface area contributed by atoms with E-state index in [9.17, 15) is 9.18 Å². The standard InChI is InChI=1S/C19H22FN3O/c20-16-8-6-14(7-9-16)10-22-19(24)13-23-11-17(18(21)12-23)15-4-2-1-3-5-15/h1-9,17-18H,10-13,21H2,(H,22,24)/t17-,18+/m0/s1. The van der Waals surface area contributed by atoms with Gasteiger partial charge in [-0.1, -0.05) is 42.5 Å². The van der Waals surface area contributed by atoms with Crippen LogP contribution < -0.4 is 11.1 Å². The molecule has 0 radical (unpaired) electrons. The van der Waals surface area contributed by atoms with Crippen LogP contribution in [-0.4, -0.2) is 36.5 Å². The summed E-state index contributed by atoms with van der Waals surface area (Å²) in [6.45, 7) is 2.23. The van der Waals surface area contributed by atoms with E-state index >= 15 is 0 Å². The smallest absolute Gasteiger partial charge is 0.234 e. The molecule has 1 saturated heterocycles. The maximum absolute atomic E-state index is 12.9. The quantitative estimate of drug-likeness (QED) is 0.881. The van der Waals surface area contributed by atoms with E-state index < -0.39 is 0 Å². The Morgan fingerprint density at radius 3 is 2.54 bits per heavy atom. The summed E-state index contributed by atoms with van der Waals surface area (Å²) in [5.41, 5.74) is 8.35. The molecule has 2 aromatic carbocycles. The Morgan fingerprint density at radius 2 is 1.83 bits per heavy atom. The number of hydrogen-bond acceptors (Lipinski definition) is 3. The number of hydrogen-bond donors (Lipinski definition) is 2. The number of nitrogens with one attached hydrogen (secondary N) is 1. The van der Waals surface area contributed by atoms with Crippen molar-refractivity contribution in [1.29, 1.82) is 0 Å². The second-order valence-corrected chi connectivity index (χ2v) is 6.28. The van der Waals surface area contributed by atoms with Crippen molar-refractivity contribution in [2.45, 2.75) is 18.5 Å². The molecule has 1 heterocycles. The predicted octanol–water partition coefficient (Wildman–Crippen LogP) is 1.87. The molecule has 1 aliphatic heterocycles. The molecule has 0 spiro atoms. The van der Waals surface area contributed by atoms with Gasteiger partial charge in [-0.05, 0) is 23.3 Å². The van der Waals surface area contributed by atoms with E-state index in [-0.39, 0.29) is 23.7 Å². The minimum atomic E-state index is -0.275. The van der Waals surface area contributed by atoms with Crippen LogP contribution in [0.5, 0.6) is 0 Å². The van der Waals surface area contributed by atoms with Crippen molar-refractivity contribution in [3.63, 3.8) is 0 Å². The molecule has 4 nitrogen and oxygen atoms in total. The molecule has 2 atom stereocenters. The third-order valence-electron chi connectivity index (χ3n) is 4.44. The maximum atomic E-state index is 12.9. The van der Waals surface area contributed by atoms with Crippen LogP contribution in [0.3, 0.4) is 0 Å². The van der Waals surface area contributed by atoms with Gasteiger partial charge in [0.25, 0.3) is 0 Å². The Bertz CT molecular complexity index is 675. The number of halogens is 1. The summed E-state index contributed by atoms with van der Waals surface area (Å²) in [4.78, 5) is 14.2. The van der Waals surface area contributed by atoms with Gasteiger partial charge >= 0.3 is 0 Å². The summed E-state index contributed by atoms with van der Waals surface area (Å²) < 4.78 is 12.9. The second-order valence-electron chi connectivity index (χ2n) is 6.28. The molecule has 2 aromatic rings. The molecule has 3 rings (SSSR count). The average Bonchev–Trinajstić information content (AvgIpc) is 2.95. The van der Waals surface area contributed by atoms with Gasteiger partial charge in [-0.2, -0.15) is 0 Å². The lowest BCUT2D eigenvalue weighted by molar-refractivity contribution is -0.122. The van der Waals surface area contributed by atoms with Gasteiger partial charge in [0.1, 0.15) is 5.82 Å². The maximum Gasteiger partial charge on any atom is 0.234 e. The number of nitrogens with two attached hydrogens (primary N) is 1. The van der Waals surface area contributed by atoms with Crippen molar-refractivity contribution in [3.05, 3.63) is 71.5 Å². The minimum absolute atomic E-state index is 0.0392. The van der Waals surface area contributed by atoms with Crippen molar-refractivity contribution < 1.29 is 9.18 Å². The summed E-state index contributed by atoms with van der Waals surface area (Å²) >= 11 is 0. The van der Waals surface area contributed by atoms with Crippen LogP contribution in [0.2, 0.25) is 0 Å². The zero-order chi connectivity index (χ0) is 16.9. The van der Waals surface area contributed by atoms with Gasteiger partial charge in [-0.25, -0.2) is 4.39 Å². The number of likely N-dealkylation sites (tertiary alicyclic amines) is 1. The van der Waals surface area contributed by atoms with Gasteiger partial charge < -0.3 is 11.1 Å². The van der Waals surface area contributed by atoms with E-state index in [1.165, 1.54) is 17.7 Å². The number of carbonyl (C=O) groups is 1. The zero-order valence-corrected chi connectivity index (χ0v) is 13.5. The Labute approximate surface area is 141 Å². The first kappa shape index (κ1) is 16.6. The van der Waals surface area contributed by atoms with E-state index in [0.29, 0.717) is 19.6 Å². The second kappa shape index (κ2) is 7.55. The highest BCUT2D eigenvalue weighted by Gasteiger charge is 2.31. The van der Waals surface area contributed by atoms with Crippen molar-refractivity contribution >= 4 is 5.91 Å². The van der Waals surface area contributed by atoms with E-state index in [0.717, 1.165) is 12.1 Å². The molecule has 5 heteroatoms. The van der Waals surface area contributed by atoms with E-state index in [1.807, 2.05) is 18.2 Å².